The van der Waals surface area contributed by atoms with E-state index >= 15 is 0 Å². The molecule has 0 atom stereocenters. The highest BCUT2D eigenvalue weighted by molar-refractivity contribution is 7.12. The number of nitrogens with one attached hydrogen (secondary N) is 1. The Labute approximate surface area is 134 Å². The second-order valence-electron chi connectivity index (χ2n) is 4.64. The Morgan fingerprint density at radius 2 is 1.91 bits per heavy atom. The minimum absolute atomic E-state index is 0.0850. The topological polar surface area (TPSA) is 67.5 Å². The van der Waals surface area contributed by atoms with Crippen molar-refractivity contribution in [1.82, 2.24) is 5.32 Å². The van der Waals surface area contributed by atoms with Crippen molar-refractivity contribution in [1.29, 1.82) is 0 Å². The SMILES string of the molecule is NC(=Nc1ccc(CCNC(=O)C(F)(F)F)cc1)c1cccs1. The Morgan fingerprint density at radius 1 is 1.22 bits per heavy atom. The van der Waals surface area contributed by atoms with Crippen LogP contribution in [0.5, 0.6) is 0 Å². The molecule has 1 aromatic carbocycles. The number of amidine groups is 1. The molecule has 4 nitrogen and oxygen atoms in total. The summed E-state index contributed by atoms with van der Waals surface area (Å²) in [6.45, 7) is -0.0850. The van der Waals surface area contributed by atoms with Gasteiger partial charge in [0.05, 0.1) is 10.6 Å². The van der Waals surface area contributed by atoms with Crippen LogP contribution in [0, 0.1) is 0 Å². The molecule has 0 saturated carbocycles. The summed E-state index contributed by atoms with van der Waals surface area (Å²) >= 11 is 1.48. The molecule has 0 bridgehead atoms. The van der Waals surface area contributed by atoms with E-state index in [4.69, 9.17) is 5.73 Å². The number of thiophene rings is 1. The van der Waals surface area contributed by atoms with Gasteiger partial charge in [0.25, 0.3) is 0 Å². The van der Waals surface area contributed by atoms with E-state index in [9.17, 15) is 18.0 Å². The number of alkyl halides is 3. The predicted octanol–water partition coefficient (Wildman–Crippen LogP) is 3.01. The van der Waals surface area contributed by atoms with Crippen LogP contribution in [0.4, 0.5) is 18.9 Å². The highest BCUT2D eigenvalue weighted by Gasteiger charge is 2.38. The van der Waals surface area contributed by atoms with Gasteiger partial charge < -0.3 is 11.1 Å². The molecule has 2 rings (SSSR count). The third-order valence-corrected chi connectivity index (χ3v) is 3.81. The quantitative estimate of drug-likeness (QED) is 0.648. The number of hydrogen-bond acceptors (Lipinski definition) is 3. The normalized spacial score (nSPS) is 12.2. The molecule has 122 valence electrons. The van der Waals surface area contributed by atoms with Gasteiger partial charge in [-0.15, -0.1) is 11.3 Å². The van der Waals surface area contributed by atoms with Gasteiger partial charge in [0, 0.05) is 6.54 Å². The van der Waals surface area contributed by atoms with Crippen molar-refractivity contribution in [2.45, 2.75) is 12.6 Å². The summed E-state index contributed by atoms with van der Waals surface area (Å²) in [5.74, 6) is -1.52. The van der Waals surface area contributed by atoms with Crippen LogP contribution in [0.25, 0.3) is 0 Å². The second-order valence-corrected chi connectivity index (χ2v) is 5.59. The van der Waals surface area contributed by atoms with Crippen molar-refractivity contribution >= 4 is 28.8 Å². The monoisotopic (exact) mass is 341 g/mol. The lowest BCUT2D eigenvalue weighted by Gasteiger charge is -2.07. The van der Waals surface area contributed by atoms with Gasteiger partial charge in [-0.25, -0.2) is 4.99 Å². The lowest BCUT2D eigenvalue weighted by atomic mass is 10.1. The van der Waals surface area contributed by atoms with Crippen LogP contribution in [-0.4, -0.2) is 24.5 Å². The summed E-state index contributed by atoms with van der Waals surface area (Å²) in [6.07, 6.45) is -4.55. The fraction of sp³-hybridized carbons (Fsp3) is 0.200. The van der Waals surface area contributed by atoms with Crippen LogP contribution in [0.15, 0.2) is 46.8 Å². The maximum absolute atomic E-state index is 12.0. The number of halogens is 3. The minimum atomic E-state index is -4.85. The molecule has 0 aliphatic rings. The van der Waals surface area contributed by atoms with E-state index in [1.54, 1.807) is 24.3 Å². The summed E-state index contributed by atoms with van der Waals surface area (Å²) in [5, 5.41) is 3.73. The fourth-order valence-electron chi connectivity index (χ4n) is 1.78. The minimum Gasteiger partial charge on any atom is -0.383 e. The van der Waals surface area contributed by atoms with Crippen molar-refractivity contribution in [2.75, 3.05) is 6.54 Å². The molecule has 0 unspecified atom stereocenters. The van der Waals surface area contributed by atoms with E-state index < -0.39 is 12.1 Å². The molecule has 2 aromatic rings. The average molecular weight is 341 g/mol. The summed E-state index contributed by atoms with van der Waals surface area (Å²) in [4.78, 5) is 15.8. The zero-order chi connectivity index (χ0) is 16.9. The Morgan fingerprint density at radius 3 is 2.48 bits per heavy atom. The largest absolute Gasteiger partial charge is 0.471 e. The lowest BCUT2D eigenvalue weighted by Crippen LogP contribution is -2.37. The zero-order valence-corrected chi connectivity index (χ0v) is 12.7. The molecule has 0 radical (unpaired) electrons. The molecule has 0 fully saturated rings. The van der Waals surface area contributed by atoms with Crippen LogP contribution in [0.3, 0.4) is 0 Å². The van der Waals surface area contributed by atoms with Crippen LogP contribution in [-0.2, 0) is 11.2 Å². The number of nitrogens with zero attached hydrogens (tertiary/aromatic N) is 1. The third kappa shape index (κ3) is 5.10. The molecule has 0 aliphatic heterocycles. The molecule has 3 N–H and O–H groups in total. The number of hydrogen-bond donors (Lipinski definition) is 2. The number of amides is 1. The predicted molar refractivity (Wildman–Crippen MR) is 83.9 cm³/mol. The second kappa shape index (κ2) is 7.28. The van der Waals surface area contributed by atoms with Gasteiger partial charge in [0.15, 0.2) is 0 Å². The van der Waals surface area contributed by atoms with Crippen LogP contribution >= 0.6 is 11.3 Å². The van der Waals surface area contributed by atoms with Crippen LogP contribution in [0.1, 0.15) is 10.4 Å². The first-order chi connectivity index (χ1) is 10.9. The Kier molecular flexibility index (Phi) is 5.38. The lowest BCUT2D eigenvalue weighted by molar-refractivity contribution is -0.173. The van der Waals surface area contributed by atoms with Gasteiger partial charge >= 0.3 is 12.1 Å². The highest BCUT2D eigenvalue weighted by atomic mass is 32.1. The van der Waals surface area contributed by atoms with Gasteiger partial charge in [0.2, 0.25) is 0 Å². The smallest absolute Gasteiger partial charge is 0.383 e. The maximum atomic E-state index is 12.0. The van der Waals surface area contributed by atoms with E-state index in [1.807, 2.05) is 22.8 Å². The summed E-state index contributed by atoms with van der Waals surface area (Å²) in [7, 11) is 0. The molecule has 1 amide bonds. The highest BCUT2D eigenvalue weighted by Crippen LogP contribution is 2.17. The molecule has 8 heteroatoms. The standard InChI is InChI=1S/C15H14F3N3OS/c16-15(17,18)14(22)20-8-7-10-3-5-11(6-4-10)21-13(19)12-2-1-9-23-12/h1-6,9H,7-8H2,(H2,19,21)(H,20,22). The summed E-state index contributed by atoms with van der Waals surface area (Å²) < 4.78 is 36.1. The number of aliphatic imine (C=N–C) groups is 1. The third-order valence-electron chi connectivity index (χ3n) is 2.92. The Hall–Kier alpha value is -2.35. The molecule has 0 spiro atoms. The number of carbonyl (C=O) groups excluding carboxylic acids is 1. The van der Waals surface area contributed by atoms with Gasteiger partial charge in [-0.05, 0) is 35.6 Å². The maximum Gasteiger partial charge on any atom is 0.471 e. The Balaban J connectivity index is 1.90. The number of benzene rings is 1. The molecule has 0 aliphatic carbocycles. The van der Waals surface area contributed by atoms with Crippen LogP contribution in [0.2, 0.25) is 0 Å². The Bertz CT molecular complexity index is 679. The van der Waals surface area contributed by atoms with Crippen LogP contribution < -0.4 is 11.1 Å². The molecule has 0 saturated heterocycles. The number of rotatable bonds is 5. The molecular formula is C15H14F3N3OS. The van der Waals surface area contributed by atoms with E-state index in [1.165, 1.54) is 11.3 Å². The number of carbonyl (C=O) groups is 1. The zero-order valence-electron chi connectivity index (χ0n) is 11.9. The van der Waals surface area contributed by atoms with Gasteiger partial charge in [-0.3, -0.25) is 4.79 Å². The van der Waals surface area contributed by atoms with E-state index in [0.717, 1.165) is 10.4 Å². The first-order valence-electron chi connectivity index (χ1n) is 6.68. The first-order valence-corrected chi connectivity index (χ1v) is 7.56. The number of nitrogens with two attached hydrogens (primary N) is 1. The molecule has 1 heterocycles. The molecule has 1 aromatic heterocycles. The van der Waals surface area contributed by atoms with Gasteiger partial charge in [0.1, 0.15) is 5.84 Å². The van der Waals surface area contributed by atoms with Gasteiger partial charge in [-0.1, -0.05) is 18.2 Å². The average Bonchev–Trinajstić information content (AvgIpc) is 3.02. The van der Waals surface area contributed by atoms with E-state index in [0.29, 0.717) is 17.9 Å². The van der Waals surface area contributed by atoms with Crippen molar-refractivity contribution < 1.29 is 18.0 Å². The molecular weight excluding hydrogens is 327 g/mol. The fourth-order valence-corrected chi connectivity index (χ4v) is 2.40. The first kappa shape index (κ1) is 17.0. The summed E-state index contributed by atoms with van der Waals surface area (Å²) in [6, 6.07) is 10.7. The van der Waals surface area contributed by atoms with E-state index in [2.05, 4.69) is 4.99 Å². The van der Waals surface area contributed by atoms with E-state index in [-0.39, 0.29) is 6.54 Å². The van der Waals surface area contributed by atoms with Crippen molar-refractivity contribution in [2.24, 2.45) is 10.7 Å². The van der Waals surface area contributed by atoms with Crippen molar-refractivity contribution in [3.05, 3.63) is 52.2 Å². The van der Waals surface area contributed by atoms with Crippen molar-refractivity contribution in [3.63, 3.8) is 0 Å². The molecule has 23 heavy (non-hydrogen) atoms. The van der Waals surface area contributed by atoms with Gasteiger partial charge in [-0.2, -0.15) is 13.2 Å². The van der Waals surface area contributed by atoms with Crippen molar-refractivity contribution in [3.8, 4) is 0 Å². The summed E-state index contributed by atoms with van der Waals surface area (Å²) in [5.41, 5.74) is 7.31.